The Bertz CT molecular complexity index is 1160. The normalized spacial score (nSPS) is 11.2. The van der Waals surface area contributed by atoms with Crippen LogP contribution < -0.4 is 5.32 Å². The van der Waals surface area contributed by atoms with Gasteiger partial charge in [0.05, 0.1) is 17.3 Å². The molecular formula is C22H25N7OS. The Morgan fingerprint density at radius 3 is 2.87 bits per heavy atom. The van der Waals surface area contributed by atoms with Crippen LogP contribution >= 0.6 is 11.8 Å². The molecule has 0 spiro atoms. The zero-order chi connectivity index (χ0) is 21.6. The second-order valence-electron chi connectivity index (χ2n) is 7.23. The summed E-state index contributed by atoms with van der Waals surface area (Å²) in [6, 6.07) is 3.86. The molecule has 4 aromatic rings. The highest BCUT2D eigenvalue weighted by Crippen LogP contribution is 2.32. The average molecular weight is 436 g/mol. The number of aromatic amines is 1. The molecule has 0 saturated heterocycles. The van der Waals surface area contributed by atoms with Crippen LogP contribution in [0.1, 0.15) is 42.7 Å². The third kappa shape index (κ3) is 4.93. The topological polar surface area (TPSA) is 101 Å². The highest BCUT2D eigenvalue weighted by molar-refractivity contribution is 7.99. The van der Waals surface area contributed by atoms with E-state index >= 15 is 0 Å². The van der Waals surface area contributed by atoms with Gasteiger partial charge in [0, 0.05) is 48.5 Å². The Morgan fingerprint density at radius 1 is 1.26 bits per heavy atom. The van der Waals surface area contributed by atoms with Gasteiger partial charge in [0.15, 0.2) is 10.9 Å². The molecule has 8 nitrogen and oxygen atoms in total. The SMILES string of the molecule is CCCc1[nH]c2nc(Sc3cccnc3)nc(NCCCn3ccnc3)c2c1C(C)=O. The van der Waals surface area contributed by atoms with Gasteiger partial charge in [-0.2, -0.15) is 0 Å². The summed E-state index contributed by atoms with van der Waals surface area (Å²) < 4.78 is 2.04. The van der Waals surface area contributed by atoms with Crippen molar-refractivity contribution in [1.82, 2.24) is 29.5 Å². The van der Waals surface area contributed by atoms with Gasteiger partial charge >= 0.3 is 0 Å². The fourth-order valence-corrected chi connectivity index (χ4v) is 4.27. The molecule has 0 fully saturated rings. The van der Waals surface area contributed by atoms with E-state index < -0.39 is 0 Å². The van der Waals surface area contributed by atoms with Gasteiger partial charge < -0.3 is 14.9 Å². The lowest BCUT2D eigenvalue weighted by molar-refractivity contribution is 0.101. The Labute approximate surface area is 184 Å². The molecule has 160 valence electrons. The minimum absolute atomic E-state index is 0.0208. The van der Waals surface area contributed by atoms with Crippen LogP contribution in [0.3, 0.4) is 0 Å². The Morgan fingerprint density at radius 2 is 2.16 bits per heavy atom. The number of H-pyrrole nitrogens is 1. The number of Topliss-reactive ketones (excluding diaryl/α,β-unsaturated/α-hetero) is 1. The molecule has 0 radical (unpaired) electrons. The number of nitrogens with zero attached hydrogens (tertiary/aromatic N) is 5. The molecule has 0 aliphatic rings. The first kappa shape index (κ1) is 21.0. The standard InChI is InChI=1S/C22H25N7OS/c1-3-6-17-18(15(2)30)19-20(25-9-5-11-29-12-10-24-14-29)27-22(28-21(19)26-17)31-16-7-4-8-23-13-16/h4,7-8,10,12-14H,3,5-6,9,11H2,1-2H3,(H2,25,26,27,28). The summed E-state index contributed by atoms with van der Waals surface area (Å²) in [6.45, 7) is 5.27. The molecule has 0 atom stereocenters. The van der Waals surface area contributed by atoms with E-state index in [4.69, 9.17) is 9.97 Å². The Balaban J connectivity index is 1.67. The van der Waals surface area contributed by atoms with Crippen LogP contribution in [0.5, 0.6) is 0 Å². The predicted molar refractivity (Wildman–Crippen MR) is 122 cm³/mol. The summed E-state index contributed by atoms with van der Waals surface area (Å²) in [6.07, 6.45) is 11.7. The largest absolute Gasteiger partial charge is 0.369 e. The maximum Gasteiger partial charge on any atom is 0.196 e. The Hall–Kier alpha value is -3.20. The van der Waals surface area contributed by atoms with E-state index in [1.807, 2.05) is 29.2 Å². The summed E-state index contributed by atoms with van der Waals surface area (Å²) >= 11 is 1.45. The second-order valence-corrected chi connectivity index (χ2v) is 8.28. The molecule has 0 aliphatic heterocycles. The van der Waals surface area contributed by atoms with Crippen LogP contribution in [0.4, 0.5) is 5.82 Å². The molecule has 0 bridgehead atoms. The molecule has 9 heteroatoms. The summed E-state index contributed by atoms with van der Waals surface area (Å²) in [5.74, 6) is 0.707. The first-order valence-electron chi connectivity index (χ1n) is 10.4. The molecule has 2 N–H and O–H groups in total. The number of anilines is 1. The number of carbonyl (C=O) groups is 1. The van der Waals surface area contributed by atoms with E-state index in [1.54, 1.807) is 25.5 Å². The van der Waals surface area contributed by atoms with E-state index in [2.05, 4.69) is 27.2 Å². The van der Waals surface area contributed by atoms with Crippen molar-refractivity contribution < 1.29 is 4.79 Å². The summed E-state index contributed by atoms with van der Waals surface area (Å²) in [5, 5.41) is 4.82. The first-order valence-corrected chi connectivity index (χ1v) is 11.2. The van der Waals surface area contributed by atoms with Gasteiger partial charge in [-0.1, -0.05) is 13.3 Å². The third-order valence-corrected chi connectivity index (χ3v) is 5.69. The maximum atomic E-state index is 12.5. The molecule has 0 aliphatic carbocycles. The van der Waals surface area contributed by atoms with Gasteiger partial charge in [0.1, 0.15) is 11.5 Å². The Kier molecular flexibility index (Phi) is 6.61. The highest BCUT2D eigenvalue weighted by Gasteiger charge is 2.21. The molecule has 0 saturated carbocycles. The van der Waals surface area contributed by atoms with E-state index in [9.17, 15) is 4.79 Å². The van der Waals surface area contributed by atoms with Crippen molar-refractivity contribution in [2.24, 2.45) is 0 Å². The molecule has 4 aromatic heterocycles. The second kappa shape index (κ2) is 9.74. The molecule has 0 aromatic carbocycles. The average Bonchev–Trinajstić information content (AvgIpc) is 3.39. The lowest BCUT2D eigenvalue weighted by atomic mass is 10.1. The van der Waals surface area contributed by atoms with E-state index in [0.717, 1.165) is 41.8 Å². The smallest absolute Gasteiger partial charge is 0.196 e. The summed E-state index contributed by atoms with van der Waals surface area (Å²) in [7, 11) is 0. The number of nitrogens with one attached hydrogen (secondary N) is 2. The minimum atomic E-state index is 0.0208. The van der Waals surface area contributed by atoms with Gasteiger partial charge in [-0.25, -0.2) is 15.0 Å². The van der Waals surface area contributed by atoms with Crippen molar-refractivity contribution in [3.63, 3.8) is 0 Å². The molecule has 0 amide bonds. The van der Waals surface area contributed by atoms with Crippen molar-refractivity contribution in [3.05, 3.63) is 54.5 Å². The zero-order valence-corrected chi connectivity index (χ0v) is 18.4. The third-order valence-electron chi connectivity index (χ3n) is 4.85. The number of ketones is 1. The minimum Gasteiger partial charge on any atom is -0.369 e. The van der Waals surface area contributed by atoms with Gasteiger partial charge in [0.2, 0.25) is 0 Å². The van der Waals surface area contributed by atoms with Gasteiger partial charge in [-0.05, 0) is 43.7 Å². The fraction of sp³-hybridized carbons (Fsp3) is 0.318. The molecule has 4 rings (SSSR count). The predicted octanol–water partition coefficient (Wildman–Crippen LogP) is 4.36. The zero-order valence-electron chi connectivity index (χ0n) is 17.6. The first-order chi connectivity index (χ1) is 15.2. The van der Waals surface area contributed by atoms with Crippen molar-refractivity contribution in [1.29, 1.82) is 0 Å². The van der Waals surface area contributed by atoms with E-state index in [0.29, 0.717) is 28.7 Å². The monoisotopic (exact) mass is 435 g/mol. The number of rotatable bonds is 10. The quantitative estimate of drug-likeness (QED) is 0.217. The number of carbonyl (C=O) groups excluding carboxylic acids is 1. The lowest BCUT2D eigenvalue weighted by Crippen LogP contribution is -2.09. The van der Waals surface area contributed by atoms with Crippen molar-refractivity contribution in [2.45, 2.75) is 49.7 Å². The number of imidazole rings is 1. The van der Waals surface area contributed by atoms with Crippen molar-refractivity contribution >= 4 is 34.4 Å². The van der Waals surface area contributed by atoms with Crippen LogP contribution in [0.15, 0.2) is 53.3 Å². The van der Waals surface area contributed by atoms with Crippen molar-refractivity contribution in [3.8, 4) is 0 Å². The van der Waals surface area contributed by atoms with Crippen LogP contribution in [0.2, 0.25) is 0 Å². The number of aryl methyl sites for hydroxylation is 2. The number of fused-ring (bicyclic) bond motifs is 1. The summed E-state index contributed by atoms with van der Waals surface area (Å²) in [5.41, 5.74) is 2.29. The summed E-state index contributed by atoms with van der Waals surface area (Å²) in [4.78, 5) is 34.6. The van der Waals surface area contributed by atoms with Gasteiger partial charge in [-0.3, -0.25) is 9.78 Å². The van der Waals surface area contributed by atoms with E-state index in [1.165, 1.54) is 11.8 Å². The van der Waals surface area contributed by atoms with Crippen molar-refractivity contribution in [2.75, 3.05) is 11.9 Å². The maximum absolute atomic E-state index is 12.5. The number of pyridine rings is 1. The van der Waals surface area contributed by atoms with Crippen LogP contribution in [0.25, 0.3) is 11.0 Å². The number of aromatic nitrogens is 6. The van der Waals surface area contributed by atoms with Gasteiger partial charge in [-0.15, -0.1) is 0 Å². The molecule has 0 unspecified atom stereocenters. The molecule has 31 heavy (non-hydrogen) atoms. The number of hydrogen-bond acceptors (Lipinski definition) is 7. The molecule has 4 heterocycles. The van der Waals surface area contributed by atoms with E-state index in [-0.39, 0.29) is 5.78 Å². The molecular weight excluding hydrogens is 410 g/mol. The van der Waals surface area contributed by atoms with Gasteiger partial charge in [0.25, 0.3) is 0 Å². The van der Waals surface area contributed by atoms with Crippen LogP contribution in [-0.4, -0.2) is 41.8 Å². The fourth-order valence-electron chi connectivity index (χ4n) is 3.52. The van der Waals surface area contributed by atoms with Crippen LogP contribution in [-0.2, 0) is 13.0 Å². The van der Waals surface area contributed by atoms with Crippen LogP contribution in [0, 0.1) is 0 Å². The number of hydrogen-bond donors (Lipinski definition) is 2. The highest BCUT2D eigenvalue weighted by atomic mass is 32.2. The lowest BCUT2D eigenvalue weighted by Gasteiger charge is -2.10.